The molecule has 0 bridgehead atoms. The molecule has 4 rings (SSSR count). The van der Waals surface area contributed by atoms with E-state index in [4.69, 9.17) is 23.8 Å². The lowest BCUT2D eigenvalue weighted by molar-refractivity contribution is -0.122. The first-order chi connectivity index (χ1) is 12.9. The van der Waals surface area contributed by atoms with Gasteiger partial charge >= 0.3 is 0 Å². The lowest BCUT2D eigenvalue weighted by Gasteiger charge is -2.16. The van der Waals surface area contributed by atoms with Crippen molar-refractivity contribution < 1.29 is 14.4 Å². The quantitative estimate of drug-likeness (QED) is 0.414. The monoisotopic (exact) mass is 418 g/mol. The van der Waals surface area contributed by atoms with Gasteiger partial charge in [0.1, 0.15) is 4.32 Å². The van der Waals surface area contributed by atoms with Crippen LogP contribution in [-0.2, 0) is 14.4 Å². The summed E-state index contributed by atoms with van der Waals surface area (Å²) in [5, 5.41) is 0.428. The fourth-order valence-corrected chi connectivity index (χ4v) is 4.78. The van der Waals surface area contributed by atoms with Gasteiger partial charge in [-0.2, -0.15) is 0 Å². The minimum atomic E-state index is -0.247. The van der Waals surface area contributed by atoms with Gasteiger partial charge in [0.05, 0.1) is 10.6 Å². The Balaban J connectivity index is 1.70. The van der Waals surface area contributed by atoms with E-state index < -0.39 is 0 Å². The minimum absolute atomic E-state index is 0.197. The number of thiocarbonyl (C=S) groups is 1. The average Bonchev–Trinajstić information content (AvgIpc) is 3.06. The predicted molar refractivity (Wildman–Crippen MR) is 110 cm³/mol. The molecule has 0 unspecified atom stereocenters. The van der Waals surface area contributed by atoms with E-state index in [2.05, 4.69) is 0 Å². The van der Waals surface area contributed by atoms with Crippen molar-refractivity contribution in [2.75, 3.05) is 11.9 Å². The van der Waals surface area contributed by atoms with Gasteiger partial charge in [-0.3, -0.25) is 19.3 Å². The number of amides is 3. The number of hydrogen-bond donors (Lipinski definition) is 0. The molecule has 1 fully saturated rings. The Morgan fingerprint density at radius 3 is 2.26 bits per heavy atom. The fraction of sp³-hybridized carbons (Fsp3) is 0.263. The second-order valence-corrected chi connectivity index (χ2v) is 8.64. The number of nitrogens with zero attached hydrogens (tertiary/aromatic N) is 2. The number of hydrogen-bond acceptors (Lipinski definition) is 5. The summed E-state index contributed by atoms with van der Waals surface area (Å²) in [5.74, 6) is -0.692. The molecule has 0 spiro atoms. The Morgan fingerprint density at radius 2 is 1.70 bits per heavy atom. The lowest BCUT2D eigenvalue weighted by Crippen LogP contribution is -2.31. The zero-order valence-electron chi connectivity index (χ0n) is 14.5. The molecule has 1 aromatic rings. The zero-order chi connectivity index (χ0) is 19.3. The summed E-state index contributed by atoms with van der Waals surface area (Å²) in [5.41, 5.74) is 2.29. The topological polar surface area (TPSA) is 57.7 Å². The van der Waals surface area contributed by atoms with E-state index in [0.717, 1.165) is 12.8 Å². The highest BCUT2D eigenvalue weighted by Crippen LogP contribution is 2.38. The van der Waals surface area contributed by atoms with Crippen LogP contribution in [0.1, 0.15) is 31.2 Å². The number of rotatable bonds is 2. The molecule has 0 atom stereocenters. The Hall–Kier alpha value is -1.96. The number of thioether (sulfide) groups is 1. The van der Waals surface area contributed by atoms with E-state index in [-0.39, 0.29) is 17.7 Å². The van der Waals surface area contributed by atoms with Gasteiger partial charge in [0.25, 0.3) is 17.7 Å². The molecule has 1 aliphatic carbocycles. The molecule has 1 saturated heterocycles. The van der Waals surface area contributed by atoms with Crippen LogP contribution in [0, 0.1) is 0 Å². The van der Waals surface area contributed by atoms with Crippen LogP contribution in [0.4, 0.5) is 5.69 Å². The largest absolute Gasteiger partial charge is 0.296 e. The molecule has 8 heteroatoms. The molecular formula is C19H15ClN2O3S2. The van der Waals surface area contributed by atoms with Crippen LogP contribution in [0.15, 0.2) is 34.3 Å². The maximum Gasteiger partial charge on any atom is 0.265 e. The van der Waals surface area contributed by atoms with Crippen LogP contribution in [0.5, 0.6) is 0 Å². The summed E-state index contributed by atoms with van der Waals surface area (Å²) in [6.45, 7) is 0. The third kappa shape index (κ3) is 3.03. The maximum atomic E-state index is 12.7. The summed E-state index contributed by atoms with van der Waals surface area (Å²) in [4.78, 5) is 40.8. The number of benzene rings is 1. The maximum absolute atomic E-state index is 12.7. The van der Waals surface area contributed by atoms with Gasteiger partial charge in [-0.15, -0.1) is 0 Å². The Morgan fingerprint density at radius 1 is 1.07 bits per heavy atom. The SMILES string of the molecule is CN1C(=O)/C(=C/c2cc(N3C(=O)C4=C(CCCC4)C3=O)ccc2Cl)SC1=S. The van der Waals surface area contributed by atoms with Crippen molar-refractivity contribution in [2.24, 2.45) is 0 Å². The highest BCUT2D eigenvalue weighted by molar-refractivity contribution is 8.26. The van der Waals surface area contributed by atoms with E-state index in [1.165, 1.54) is 21.6 Å². The second kappa shape index (κ2) is 6.89. The summed E-state index contributed by atoms with van der Waals surface area (Å²) in [6.07, 6.45) is 4.80. The van der Waals surface area contributed by atoms with Gasteiger partial charge in [0.15, 0.2) is 0 Å². The summed E-state index contributed by atoms with van der Waals surface area (Å²) in [6, 6.07) is 4.95. The van der Waals surface area contributed by atoms with E-state index in [1.54, 1.807) is 31.3 Å². The predicted octanol–water partition coefficient (Wildman–Crippen LogP) is 3.91. The smallest absolute Gasteiger partial charge is 0.265 e. The summed E-state index contributed by atoms with van der Waals surface area (Å²) in [7, 11) is 1.62. The fourth-order valence-electron chi connectivity index (χ4n) is 3.44. The van der Waals surface area contributed by atoms with Crippen molar-refractivity contribution in [3.8, 4) is 0 Å². The molecule has 0 N–H and O–H groups in total. The molecule has 3 amide bonds. The molecule has 0 saturated carbocycles. The van der Waals surface area contributed by atoms with Gasteiger partial charge in [0, 0.05) is 23.2 Å². The van der Waals surface area contributed by atoms with Gasteiger partial charge in [0.2, 0.25) is 0 Å². The highest BCUT2D eigenvalue weighted by atomic mass is 35.5. The molecule has 138 valence electrons. The molecule has 5 nitrogen and oxygen atoms in total. The van der Waals surface area contributed by atoms with Crippen molar-refractivity contribution in [3.63, 3.8) is 0 Å². The molecule has 2 heterocycles. The molecule has 0 radical (unpaired) electrons. The van der Waals surface area contributed by atoms with E-state index >= 15 is 0 Å². The van der Waals surface area contributed by atoms with Crippen LogP contribution in [0.25, 0.3) is 6.08 Å². The zero-order valence-corrected chi connectivity index (χ0v) is 16.8. The van der Waals surface area contributed by atoms with Gasteiger partial charge < -0.3 is 0 Å². The van der Waals surface area contributed by atoms with E-state index in [9.17, 15) is 14.4 Å². The molecule has 27 heavy (non-hydrogen) atoms. The number of carbonyl (C=O) groups is 3. The first-order valence-corrected chi connectivity index (χ1v) is 10.1. The van der Waals surface area contributed by atoms with Gasteiger partial charge in [-0.1, -0.05) is 35.6 Å². The van der Waals surface area contributed by atoms with Gasteiger partial charge in [-0.05, 0) is 55.5 Å². The lowest BCUT2D eigenvalue weighted by atomic mass is 9.93. The van der Waals surface area contributed by atoms with Gasteiger partial charge in [-0.25, -0.2) is 4.90 Å². The number of carbonyl (C=O) groups excluding carboxylic acids is 3. The van der Waals surface area contributed by atoms with E-state index in [0.29, 0.717) is 49.5 Å². The molecule has 2 aliphatic heterocycles. The van der Waals surface area contributed by atoms with Crippen LogP contribution < -0.4 is 4.90 Å². The third-order valence-electron chi connectivity index (χ3n) is 4.90. The number of anilines is 1. The first-order valence-electron chi connectivity index (χ1n) is 8.50. The molecule has 0 aromatic heterocycles. The standard InChI is InChI=1S/C19H15ClN2O3S2/c1-21-18(25)15(27-19(21)26)9-10-8-11(6-7-14(10)20)22-16(23)12-4-2-3-5-13(12)17(22)24/h6-9H,2-5H2,1H3/b15-9-. The number of halogens is 1. The summed E-state index contributed by atoms with van der Waals surface area (Å²) < 4.78 is 0.473. The Labute approximate surface area is 171 Å². The Bertz CT molecular complexity index is 955. The average molecular weight is 419 g/mol. The van der Waals surface area contributed by atoms with Crippen LogP contribution in [0.3, 0.4) is 0 Å². The second-order valence-electron chi connectivity index (χ2n) is 6.56. The van der Waals surface area contributed by atoms with Crippen LogP contribution >= 0.6 is 35.6 Å². The van der Waals surface area contributed by atoms with Crippen molar-refractivity contribution in [3.05, 3.63) is 44.8 Å². The molecule has 1 aromatic carbocycles. The molecular weight excluding hydrogens is 404 g/mol. The normalized spacial score (nSPS) is 21.8. The molecule has 3 aliphatic rings. The minimum Gasteiger partial charge on any atom is -0.296 e. The summed E-state index contributed by atoms with van der Waals surface area (Å²) >= 11 is 12.6. The van der Waals surface area contributed by atoms with Crippen molar-refractivity contribution in [2.45, 2.75) is 25.7 Å². The number of imide groups is 1. The first kappa shape index (κ1) is 18.4. The third-order valence-corrected chi connectivity index (χ3v) is 6.73. The van der Waals surface area contributed by atoms with Crippen molar-refractivity contribution in [1.29, 1.82) is 0 Å². The van der Waals surface area contributed by atoms with E-state index in [1.807, 2.05) is 0 Å². The highest BCUT2D eigenvalue weighted by Gasteiger charge is 2.39. The van der Waals surface area contributed by atoms with Crippen molar-refractivity contribution in [1.82, 2.24) is 4.90 Å². The Kier molecular flexibility index (Phi) is 4.70. The van der Waals surface area contributed by atoms with Crippen molar-refractivity contribution >= 4 is 69.4 Å². The van der Waals surface area contributed by atoms with Crippen LogP contribution in [0.2, 0.25) is 5.02 Å². The number of likely N-dealkylation sites (N-methyl/N-ethyl adjacent to an activating group) is 1. The van der Waals surface area contributed by atoms with Crippen LogP contribution in [-0.4, -0.2) is 34.0 Å².